The summed E-state index contributed by atoms with van der Waals surface area (Å²) in [5.74, 6) is 1.88. The molecule has 0 spiro atoms. The molecule has 0 N–H and O–H groups in total. The van der Waals surface area contributed by atoms with Gasteiger partial charge in [0.2, 0.25) is 5.69 Å². The molecule has 0 atom stereocenters. The van der Waals surface area contributed by atoms with Crippen molar-refractivity contribution in [1.29, 1.82) is 0 Å². The van der Waals surface area contributed by atoms with E-state index in [1.54, 1.807) is 0 Å². The fraction of sp³-hybridized carbons (Fsp3) is 0.346. The number of hydrogen-bond acceptors (Lipinski definition) is 5. The van der Waals surface area contributed by atoms with Gasteiger partial charge in [0.1, 0.15) is 53.1 Å². The van der Waals surface area contributed by atoms with E-state index < -0.39 is 0 Å². The molecule has 9 aromatic carbocycles. The normalized spacial score (nSPS) is 12.1. The molecule has 14 heteroatoms. The van der Waals surface area contributed by atoms with Gasteiger partial charge in [0.15, 0.2) is 28.3 Å². The Morgan fingerprint density at radius 1 is 0.314 bits per heavy atom. The van der Waals surface area contributed by atoms with Crippen LogP contribution in [-0.4, -0.2) is 24.9 Å². The minimum Gasteiger partial charge on any atom is -0.256 e. The van der Waals surface area contributed by atoms with Gasteiger partial charge in [0.05, 0.1) is 60.6 Å². The number of rotatable bonds is 15. The summed E-state index contributed by atoms with van der Waals surface area (Å²) in [7, 11) is 10.1. The smallest absolute Gasteiger partial charge is 0.256 e. The van der Waals surface area contributed by atoms with Gasteiger partial charge in [-0.2, -0.15) is 0 Å². The maximum atomic E-state index is 14.3. The summed E-state index contributed by atoms with van der Waals surface area (Å²) in [6, 6.07) is 48.8. The fourth-order valence-corrected chi connectivity index (χ4v) is 18.0. The molecule has 6 heterocycles. The molecule has 0 aliphatic heterocycles. The van der Waals surface area contributed by atoms with Crippen LogP contribution >= 0.6 is 0 Å². The van der Waals surface area contributed by atoms with Gasteiger partial charge in [-0.15, -0.1) is 0 Å². The molecule has 1 aliphatic rings. The summed E-state index contributed by atoms with van der Waals surface area (Å²) in [6.07, 6.45) is 21.9. The summed E-state index contributed by atoms with van der Waals surface area (Å²) >= 11 is 0. The Balaban J connectivity index is 0.000000139. The van der Waals surface area contributed by atoms with Gasteiger partial charge in [-0.1, -0.05) is 96.5 Å². The zero-order valence-corrected chi connectivity index (χ0v) is 75.9. The van der Waals surface area contributed by atoms with Crippen molar-refractivity contribution in [3.05, 3.63) is 295 Å². The molecular formula is C107H123F4N10+5. The van der Waals surface area contributed by atoms with Gasteiger partial charge in [-0.3, -0.25) is 4.98 Å². The van der Waals surface area contributed by atoms with E-state index in [4.69, 9.17) is 4.98 Å². The molecule has 121 heavy (non-hydrogen) atoms. The van der Waals surface area contributed by atoms with Gasteiger partial charge in [0, 0.05) is 45.6 Å². The first-order valence-corrected chi connectivity index (χ1v) is 43.4. The molecule has 10 nitrogen and oxygen atoms in total. The van der Waals surface area contributed by atoms with Gasteiger partial charge in [0.25, 0.3) is 25.3 Å². The van der Waals surface area contributed by atoms with Crippen LogP contribution in [0.4, 0.5) is 17.6 Å². The third-order valence-electron chi connectivity index (χ3n) is 26.3. The Labute approximate surface area is 715 Å². The lowest BCUT2D eigenvalue weighted by molar-refractivity contribution is -0.662. The van der Waals surface area contributed by atoms with E-state index in [-0.39, 0.29) is 23.3 Å². The molecule has 6 aromatic heterocycles. The zero-order chi connectivity index (χ0) is 87.3. The number of fused-ring (bicyclic) bond motifs is 5. The highest BCUT2D eigenvalue weighted by Crippen LogP contribution is 2.42. The molecule has 16 rings (SSSR count). The van der Waals surface area contributed by atoms with E-state index in [2.05, 4.69) is 209 Å². The van der Waals surface area contributed by atoms with Crippen LogP contribution in [0.5, 0.6) is 0 Å². The molecule has 0 bridgehead atoms. The van der Waals surface area contributed by atoms with Crippen LogP contribution in [0.3, 0.4) is 0 Å². The quantitative estimate of drug-likeness (QED) is 0.0754. The van der Waals surface area contributed by atoms with E-state index in [1.807, 2.05) is 178 Å². The number of hydrogen-bond donors (Lipinski definition) is 0. The van der Waals surface area contributed by atoms with Gasteiger partial charge in [-0.25, -0.2) is 40.4 Å². The summed E-state index contributed by atoms with van der Waals surface area (Å²) < 4.78 is 67.7. The summed E-state index contributed by atoms with van der Waals surface area (Å²) in [6.45, 7) is 38.3. The lowest BCUT2D eigenvalue weighted by Crippen LogP contribution is -2.32. The maximum absolute atomic E-state index is 14.3. The molecular weight excluding hydrogens is 1500 g/mol. The predicted octanol–water partition coefficient (Wildman–Crippen LogP) is 25.2. The van der Waals surface area contributed by atoms with Crippen LogP contribution in [0, 0.1) is 113 Å². The Hall–Kier alpha value is -11.4. The van der Waals surface area contributed by atoms with Gasteiger partial charge in [-0.05, 0) is 359 Å². The van der Waals surface area contributed by atoms with Crippen LogP contribution in [0.25, 0.3) is 111 Å². The second-order valence-corrected chi connectivity index (χ2v) is 33.8. The second-order valence-electron chi connectivity index (χ2n) is 33.8. The Kier molecular flexibility index (Phi) is 28.0. The average molecular weight is 1630 g/mol. The number of nitrogens with zero attached hydrogens (tertiary/aromatic N) is 10. The van der Waals surface area contributed by atoms with Crippen LogP contribution in [0.1, 0.15) is 218 Å². The Bertz CT molecular complexity index is 6330. The maximum Gasteiger partial charge on any atom is 0.287 e. The lowest BCUT2D eigenvalue weighted by Gasteiger charge is -2.25. The van der Waals surface area contributed by atoms with Crippen molar-refractivity contribution in [2.45, 2.75) is 213 Å². The minimum absolute atomic E-state index is 0.0996. The van der Waals surface area contributed by atoms with Crippen LogP contribution in [0.15, 0.2) is 177 Å². The molecule has 0 amide bonds. The number of benzene rings is 9. The highest BCUT2D eigenvalue weighted by Gasteiger charge is 2.29. The van der Waals surface area contributed by atoms with E-state index in [0.29, 0.717) is 45.9 Å². The number of para-hydroxylation sites is 1. The summed E-state index contributed by atoms with van der Waals surface area (Å²) in [5.41, 5.74) is 32.6. The Morgan fingerprint density at radius 2 is 0.702 bits per heavy atom. The summed E-state index contributed by atoms with van der Waals surface area (Å²) in [4.78, 5) is 23.0. The monoisotopic (exact) mass is 1620 g/mol. The first-order valence-electron chi connectivity index (χ1n) is 43.4. The fourth-order valence-electron chi connectivity index (χ4n) is 18.0. The van der Waals surface area contributed by atoms with E-state index >= 15 is 0 Å². The standard InChI is InChI=1S/3C23H28FN2.C22H24FN2.C16H15N2/c1-7-17(8-2)18-9-10-21-20(12-18)23(26(6)13-25-21)19-11-14(3)22(24)16(5)15(19)4;1-7-17(8-2)18-9-10-19-21(12-18)25-13-26(6)23(19)20-11-14(3)22(24)16(5)15(20)4;1-7-17(8-2)18-10-9-11-19-22(18)25-13-26(6)23(19)20-12-14(3)21(24)16(5)15(20)4;1-13-10-18(14(2)15(3)21(13)23)22-19-11-17(16-6-5-7-16)8-9-20(19)24-12-25(22)4;1-12-6-3-4-7-13(12)16-14-8-5-10-17-15(14)9-11-18(16)2/h3*9-13,17H,7-8H2,1-6H3;8-12,16H,5-7H2,1-4H3;3-11H,1-2H3/q5*+1. The second kappa shape index (κ2) is 38.1. The van der Waals surface area contributed by atoms with Crippen molar-refractivity contribution in [3.8, 4) is 56.3 Å². The number of pyridine rings is 2. The third kappa shape index (κ3) is 17.9. The van der Waals surface area contributed by atoms with Crippen molar-refractivity contribution in [3.63, 3.8) is 0 Å². The van der Waals surface area contributed by atoms with E-state index in [9.17, 15) is 17.6 Å². The largest absolute Gasteiger partial charge is 0.287 e. The van der Waals surface area contributed by atoms with E-state index in [0.717, 1.165) is 177 Å². The van der Waals surface area contributed by atoms with Crippen LogP contribution in [0.2, 0.25) is 0 Å². The number of aromatic nitrogens is 10. The van der Waals surface area contributed by atoms with Crippen molar-refractivity contribution < 1.29 is 40.4 Å². The third-order valence-corrected chi connectivity index (χ3v) is 26.3. The molecule has 1 saturated carbocycles. The highest BCUT2D eigenvalue weighted by atomic mass is 19.1. The van der Waals surface area contributed by atoms with Crippen molar-refractivity contribution in [2.24, 2.45) is 35.2 Å². The van der Waals surface area contributed by atoms with Gasteiger partial charge >= 0.3 is 0 Å². The molecule has 624 valence electrons. The lowest BCUT2D eigenvalue weighted by atomic mass is 9.79. The minimum atomic E-state index is -0.108. The van der Waals surface area contributed by atoms with Crippen LogP contribution in [-0.2, 0) is 35.2 Å². The van der Waals surface area contributed by atoms with E-state index in [1.165, 1.54) is 63.7 Å². The van der Waals surface area contributed by atoms with Crippen LogP contribution < -0.4 is 22.8 Å². The van der Waals surface area contributed by atoms with Crippen molar-refractivity contribution >= 4 is 54.5 Å². The summed E-state index contributed by atoms with van der Waals surface area (Å²) in [5, 5.41) is 5.72. The first-order chi connectivity index (χ1) is 57.9. The van der Waals surface area contributed by atoms with Gasteiger partial charge < -0.3 is 0 Å². The molecule has 15 aromatic rings. The molecule has 1 aliphatic carbocycles. The molecule has 0 radical (unpaired) electrons. The SMILES string of the molecule is CCC(CC)c1ccc2c(-c3cc(C)c(F)c(C)c3C)[n+](C)cnc2c1.CCC(CC)c1ccc2nc[n+](C)c(-c3cc(C)c(F)c(C)c3C)c2c1.CCC(CC)c1cccc2c(-c3cc(C)c(F)c(C)c3C)[n+](C)cnc12.Cc1cc(-c2c3cc(C4CCC4)ccc3nc[n+]2C)c(C)c(C)c1F.Cc1ccccc1-c1c2cccnc2cc[n+]1C. The van der Waals surface area contributed by atoms with Crippen molar-refractivity contribution in [1.82, 2.24) is 24.9 Å². The zero-order valence-electron chi connectivity index (χ0n) is 75.9. The topological polar surface area (TPSA) is 83.8 Å². The molecule has 0 unspecified atom stereocenters. The Morgan fingerprint density at radius 3 is 1.17 bits per heavy atom. The predicted molar refractivity (Wildman–Crippen MR) is 490 cm³/mol. The first kappa shape index (κ1) is 88.9. The number of halogens is 4. The molecule has 1 fully saturated rings. The highest BCUT2D eigenvalue weighted by molar-refractivity contribution is 5.97. The average Bonchev–Trinajstić information content (AvgIpc) is 0.764. The number of aryl methyl sites for hydroxylation is 10. The van der Waals surface area contributed by atoms with Crippen molar-refractivity contribution in [2.75, 3.05) is 0 Å². The molecule has 0 saturated heterocycles.